The zero-order chi connectivity index (χ0) is 20.2. The highest BCUT2D eigenvalue weighted by Crippen LogP contribution is 2.27. The van der Waals surface area contributed by atoms with Crippen molar-refractivity contribution in [2.45, 2.75) is 57.5 Å². The molecule has 2 aliphatic rings. The van der Waals surface area contributed by atoms with E-state index in [0.29, 0.717) is 25.6 Å². The quantitative estimate of drug-likeness (QED) is 0.783. The van der Waals surface area contributed by atoms with E-state index >= 15 is 0 Å². The Kier molecular flexibility index (Phi) is 6.33. The molecule has 6 heteroatoms. The molecule has 0 bridgehead atoms. The Morgan fingerprint density at radius 3 is 2.62 bits per heavy atom. The summed E-state index contributed by atoms with van der Waals surface area (Å²) in [6, 6.07) is 14.4. The Morgan fingerprint density at radius 1 is 1.17 bits per heavy atom. The summed E-state index contributed by atoms with van der Waals surface area (Å²) < 4.78 is 5.54. The molecular weight excluding hydrogens is 366 g/mol. The van der Waals surface area contributed by atoms with Crippen molar-refractivity contribution < 1.29 is 14.3 Å². The van der Waals surface area contributed by atoms with Gasteiger partial charge in [0.15, 0.2) is 0 Å². The maximum Gasteiger partial charge on any atom is 0.237 e. The number of hydrogen-bond donors (Lipinski definition) is 2. The number of benzene rings is 1. The Morgan fingerprint density at radius 2 is 1.93 bits per heavy atom. The number of aliphatic hydroxyl groups excluding tert-OH is 1. The molecule has 2 aliphatic heterocycles. The third kappa shape index (κ3) is 5.07. The van der Waals surface area contributed by atoms with Crippen molar-refractivity contribution in [3.63, 3.8) is 0 Å². The smallest absolute Gasteiger partial charge is 0.237 e. The first-order chi connectivity index (χ1) is 14.1. The second kappa shape index (κ2) is 9.11. The molecule has 1 aromatic carbocycles. The lowest BCUT2D eigenvalue weighted by molar-refractivity contribution is -0.126. The second-order valence-corrected chi connectivity index (χ2v) is 8.33. The van der Waals surface area contributed by atoms with E-state index in [1.54, 1.807) is 0 Å². The molecule has 2 saturated heterocycles. The average Bonchev–Trinajstić information content (AvgIpc) is 3.33. The minimum atomic E-state index is -0.432. The maximum absolute atomic E-state index is 12.8. The van der Waals surface area contributed by atoms with Gasteiger partial charge < -0.3 is 14.8 Å². The van der Waals surface area contributed by atoms with Crippen molar-refractivity contribution in [3.8, 4) is 0 Å². The van der Waals surface area contributed by atoms with Crippen LogP contribution in [0, 0.1) is 6.92 Å². The van der Waals surface area contributed by atoms with Crippen LogP contribution >= 0.6 is 0 Å². The van der Waals surface area contributed by atoms with Crippen LogP contribution in [0.4, 0.5) is 0 Å². The van der Waals surface area contributed by atoms with Gasteiger partial charge in [0.1, 0.15) is 11.5 Å². The van der Waals surface area contributed by atoms with Crippen LogP contribution in [0.1, 0.15) is 36.3 Å². The number of aliphatic hydroxyl groups is 1. The van der Waals surface area contributed by atoms with E-state index in [9.17, 15) is 9.90 Å². The molecule has 3 heterocycles. The largest absolute Gasteiger partial charge is 0.465 e. The SMILES string of the molecule is Cc1ccc(CNC(=O)[C@@H]2C[C@@H](O)CN2C2CCN(Cc3ccccc3)CC2)o1. The Balaban J connectivity index is 1.30. The Hall–Kier alpha value is -2.15. The van der Waals surface area contributed by atoms with Gasteiger partial charge in [0, 0.05) is 19.1 Å². The maximum atomic E-state index is 12.8. The molecule has 0 radical (unpaired) electrons. The summed E-state index contributed by atoms with van der Waals surface area (Å²) in [5, 5.41) is 13.2. The van der Waals surface area contributed by atoms with E-state index in [1.807, 2.05) is 25.1 Å². The molecular formula is C23H31N3O3. The number of rotatable bonds is 6. The van der Waals surface area contributed by atoms with Crippen molar-refractivity contribution in [1.82, 2.24) is 15.1 Å². The number of β-amino-alcohol motifs (C(OH)–C–C–N with tert-alkyl or cyclic N) is 1. The minimum Gasteiger partial charge on any atom is -0.465 e. The highest BCUT2D eigenvalue weighted by Gasteiger charge is 2.40. The van der Waals surface area contributed by atoms with E-state index in [1.165, 1.54) is 5.56 Å². The summed E-state index contributed by atoms with van der Waals surface area (Å²) in [4.78, 5) is 17.5. The number of nitrogens with zero attached hydrogens (tertiary/aromatic N) is 2. The molecule has 0 aliphatic carbocycles. The van der Waals surface area contributed by atoms with Gasteiger partial charge in [-0.2, -0.15) is 0 Å². The van der Waals surface area contributed by atoms with Crippen LogP contribution in [-0.2, 0) is 17.9 Å². The molecule has 0 saturated carbocycles. The highest BCUT2D eigenvalue weighted by molar-refractivity contribution is 5.82. The molecule has 4 rings (SSSR count). The number of likely N-dealkylation sites (tertiary alicyclic amines) is 2. The van der Waals surface area contributed by atoms with E-state index in [0.717, 1.165) is 44.0 Å². The lowest BCUT2D eigenvalue weighted by Gasteiger charge is -2.38. The molecule has 1 amide bonds. The number of piperidine rings is 1. The first-order valence-corrected chi connectivity index (χ1v) is 10.6. The summed E-state index contributed by atoms with van der Waals surface area (Å²) in [7, 11) is 0. The number of furan rings is 1. The second-order valence-electron chi connectivity index (χ2n) is 8.33. The van der Waals surface area contributed by atoms with Gasteiger partial charge in [-0.15, -0.1) is 0 Å². The molecule has 156 valence electrons. The average molecular weight is 398 g/mol. The molecule has 2 N–H and O–H groups in total. The summed E-state index contributed by atoms with van der Waals surface area (Å²) in [6.07, 6.45) is 2.13. The van der Waals surface area contributed by atoms with Crippen LogP contribution in [0.2, 0.25) is 0 Å². The number of carbonyl (C=O) groups is 1. The lowest BCUT2D eigenvalue weighted by Crippen LogP contribution is -2.51. The van der Waals surface area contributed by atoms with Crippen molar-refractivity contribution in [2.24, 2.45) is 0 Å². The summed E-state index contributed by atoms with van der Waals surface area (Å²) in [5.41, 5.74) is 1.34. The van der Waals surface area contributed by atoms with Gasteiger partial charge in [0.05, 0.1) is 18.7 Å². The van der Waals surface area contributed by atoms with Gasteiger partial charge in [0.2, 0.25) is 5.91 Å². The zero-order valence-electron chi connectivity index (χ0n) is 17.1. The van der Waals surface area contributed by atoms with Crippen molar-refractivity contribution >= 4 is 5.91 Å². The van der Waals surface area contributed by atoms with Gasteiger partial charge in [-0.25, -0.2) is 0 Å². The van der Waals surface area contributed by atoms with Gasteiger partial charge in [-0.05, 0) is 57.0 Å². The summed E-state index contributed by atoms with van der Waals surface area (Å²) in [6.45, 7) is 5.88. The third-order valence-electron chi connectivity index (χ3n) is 6.13. The normalized spacial score (nSPS) is 24.1. The number of aryl methyl sites for hydroxylation is 1. The van der Waals surface area contributed by atoms with E-state index in [-0.39, 0.29) is 11.9 Å². The standard InChI is InChI=1S/C23H31N3O3/c1-17-7-8-21(29-17)14-24-23(28)22-13-20(27)16-26(22)19-9-11-25(12-10-19)15-18-5-3-2-4-6-18/h2-8,19-20,22,27H,9-16H2,1H3,(H,24,28)/t20-,22+/m1/s1. The van der Waals surface area contributed by atoms with Gasteiger partial charge >= 0.3 is 0 Å². The number of carbonyl (C=O) groups excluding carboxylic acids is 1. The first-order valence-electron chi connectivity index (χ1n) is 10.6. The lowest BCUT2D eigenvalue weighted by atomic mass is 10.0. The summed E-state index contributed by atoms with van der Waals surface area (Å²) in [5.74, 6) is 1.59. The number of amides is 1. The summed E-state index contributed by atoms with van der Waals surface area (Å²) >= 11 is 0. The zero-order valence-corrected chi connectivity index (χ0v) is 17.1. The van der Waals surface area contributed by atoms with Crippen LogP contribution < -0.4 is 5.32 Å². The van der Waals surface area contributed by atoms with Crippen molar-refractivity contribution in [3.05, 3.63) is 59.5 Å². The molecule has 2 aromatic rings. The Bertz CT molecular complexity index is 799. The topological polar surface area (TPSA) is 69.0 Å². The van der Waals surface area contributed by atoms with Crippen LogP contribution in [0.25, 0.3) is 0 Å². The molecule has 2 atom stereocenters. The Labute approximate surface area is 172 Å². The van der Waals surface area contributed by atoms with E-state index < -0.39 is 6.10 Å². The highest BCUT2D eigenvalue weighted by atomic mass is 16.3. The molecule has 6 nitrogen and oxygen atoms in total. The van der Waals surface area contributed by atoms with Gasteiger partial charge in [-0.1, -0.05) is 30.3 Å². The molecule has 1 aromatic heterocycles. The van der Waals surface area contributed by atoms with Crippen molar-refractivity contribution in [1.29, 1.82) is 0 Å². The van der Waals surface area contributed by atoms with Crippen LogP contribution in [0.3, 0.4) is 0 Å². The van der Waals surface area contributed by atoms with E-state index in [2.05, 4.69) is 39.4 Å². The molecule has 29 heavy (non-hydrogen) atoms. The monoisotopic (exact) mass is 397 g/mol. The fourth-order valence-corrected chi connectivity index (χ4v) is 4.62. The molecule has 2 fully saturated rings. The molecule has 0 unspecified atom stereocenters. The van der Waals surface area contributed by atoms with E-state index in [4.69, 9.17) is 4.42 Å². The predicted molar refractivity (Wildman–Crippen MR) is 111 cm³/mol. The fraction of sp³-hybridized carbons (Fsp3) is 0.522. The third-order valence-corrected chi connectivity index (χ3v) is 6.13. The van der Waals surface area contributed by atoms with Crippen molar-refractivity contribution in [2.75, 3.05) is 19.6 Å². The first kappa shape index (κ1) is 20.1. The van der Waals surface area contributed by atoms with Crippen LogP contribution in [0.15, 0.2) is 46.9 Å². The number of nitrogens with one attached hydrogen (secondary N) is 1. The predicted octanol–water partition coefficient (Wildman–Crippen LogP) is 2.30. The fourth-order valence-electron chi connectivity index (χ4n) is 4.62. The minimum absolute atomic E-state index is 0.0117. The van der Waals surface area contributed by atoms with Gasteiger partial charge in [0.25, 0.3) is 0 Å². The van der Waals surface area contributed by atoms with Gasteiger partial charge in [-0.3, -0.25) is 14.6 Å². The van der Waals surface area contributed by atoms with Crippen LogP contribution in [-0.4, -0.2) is 58.6 Å². The van der Waals surface area contributed by atoms with Crippen LogP contribution in [0.5, 0.6) is 0 Å². The number of hydrogen-bond acceptors (Lipinski definition) is 5. The molecule has 0 spiro atoms.